The topological polar surface area (TPSA) is 83.8 Å². The van der Waals surface area contributed by atoms with Gasteiger partial charge in [-0.3, -0.25) is 4.79 Å². The van der Waals surface area contributed by atoms with Gasteiger partial charge in [-0.05, 0) is 19.1 Å². The number of carbonyl (C=O) groups is 2. The molecule has 5 nitrogen and oxygen atoms in total. The number of hydrogen-bond donors (Lipinski definition) is 2. The van der Waals surface area contributed by atoms with Crippen molar-refractivity contribution in [1.29, 1.82) is 0 Å². The van der Waals surface area contributed by atoms with Gasteiger partial charge in [-0.1, -0.05) is 0 Å². The summed E-state index contributed by atoms with van der Waals surface area (Å²) in [6.07, 6.45) is 2.68. The van der Waals surface area contributed by atoms with E-state index in [0.29, 0.717) is 0 Å². The Balaban J connectivity index is 3.14. The zero-order chi connectivity index (χ0) is 11.6. The number of hydrogen-bond acceptors (Lipinski definition) is 3. The molecular weight excluding hydrogens is 200 g/mol. The fraction of sp³-hybridized carbons (Fsp3) is 0.400. The van der Waals surface area contributed by atoms with Crippen molar-refractivity contribution < 1.29 is 24.5 Å². The molecule has 82 valence electrons. The van der Waals surface area contributed by atoms with Crippen LogP contribution in [-0.2, 0) is 14.3 Å². The summed E-state index contributed by atoms with van der Waals surface area (Å²) in [4.78, 5) is 21.8. The first-order valence-corrected chi connectivity index (χ1v) is 4.34. The Morgan fingerprint density at radius 3 is 2.40 bits per heavy atom. The standard InChI is InChI=1S/C10H12O5/c1-10(9(13)14)5-6(8(11)12)3-4-7(10)15-2/h3-4H,5H2,1-2H3,(H,11,12)(H,13,14). The van der Waals surface area contributed by atoms with Gasteiger partial charge in [0.2, 0.25) is 0 Å². The number of carboxylic acids is 2. The molecule has 1 aliphatic rings. The number of rotatable bonds is 3. The number of methoxy groups -OCH3 is 1. The van der Waals surface area contributed by atoms with Gasteiger partial charge in [-0.25, -0.2) is 4.79 Å². The van der Waals surface area contributed by atoms with Crippen molar-refractivity contribution in [2.75, 3.05) is 7.11 Å². The number of aliphatic carboxylic acids is 2. The van der Waals surface area contributed by atoms with Crippen LogP contribution in [0.25, 0.3) is 0 Å². The zero-order valence-electron chi connectivity index (χ0n) is 8.48. The van der Waals surface area contributed by atoms with E-state index in [9.17, 15) is 9.59 Å². The van der Waals surface area contributed by atoms with Crippen LogP contribution < -0.4 is 0 Å². The highest BCUT2D eigenvalue weighted by Crippen LogP contribution is 2.38. The molecule has 1 rings (SSSR count). The minimum atomic E-state index is -1.29. The second kappa shape index (κ2) is 3.76. The highest BCUT2D eigenvalue weighted by atomic mass is 16.5. The van der Waals surface area contributed by atoms with E-state index in [1.54, 1.807) is 0 Å². The normalized spacial score (nSPS) is 25.2. The van der Waals surface area contributed by atoms with Crippen LogP contribution in [0.4, 0.5) is 0 Å². The van der Waals surface area contributed by atoms with Crippen LogP contribution in [-0.4, -0.2) is 29.3 Å². The molecule has 0 aromatic heterocycles. The van der Waals surface area contributed by atoms with E-state index in [-0.39, 0.29) is 17.8 Å². The van der Waals surface area contributed by atoms with E-state index >= 15 is 0 Å². The average Bonchev–Trinajstić information content (AvgIpc) is 2.17. The van der Waals surface area contributed by atoms with Crippen LogP contribution in [0.1, 0.15) is 13.3 Å². The van der Waals surface area contributed by atoms with Crippen LogP contribution in [0.15, 0.2) is 23.5 Å². The molecule has 15 heavy (non-hydrogen) atoms. The molecule has 0 saturated heterocycles. The monoisotopic (exact) mass is 212 g/mol. The Bertz CT molecular complexity index is 366. The first kappa shape index (κ1) is 11.3. The zero-order valence-corrected chi connectivity index (χ0v) is 8.48. The molecule has 0 aromatic carbocycles. The van der Waals surface area contributed by atoms with Gasteiger partial charge >= 0.3 is 11.9 Å². The van der Waals surface area contributed by atoms with Crippen LogP contribution in [0.5, 0.6) is 0 Å². The first-order chi connectivity index (χ1) is 6.91. The molecule has 0 heterocycles. The maximum absolute atomic E-state index is 11.1. The van der Waals surface area contributed by atoms with Crippen molar-refractivity contribution >= 4 is 11.9 Å². The maximum Gasteiger partial charge on any atom is 0.331 e. The van der Waals surface area contributed by atoms with Crippen molar-refractivity contribution in [3.8, 4) is 0 Å². The smallest absolute Gasteiger partial charge is 0.331 e. The van der Waals surface area contributed by atoms with Gasteiger partial charge in [0.25, 0.3) is 0 Å². The molecule has 0 radical (unpaired) electrons. The minimum absolute atomic E-state index is 0.0701. The van der Waals surface area contributed by atoms with Crippen LogP contribution in [0.3, 0.4) is 0 Å². The Morgan fingerprint density at radius 2 is 2.00 bits per heavy atom. The number of ether oxygens (including phenoxy) is 1. The molecule has 2 N–H and O–H groups in total. The summed E-state index contributed by atoms with van der Waals surface area (Å²) in [6.45, 7) is 1.45. The lowest BCUT2D eigenvalue weighted by molar-refractivity contribution is -0.147. The van der Waals surface area contributed by atoms with E-state index in [1.807, 2.05) is 0 Å². The Morgan fingerprint density at radius 1 is 1.40 bits per heavy atom. The third-order valence-electron chi connectivity index (χ3n) is 2.49. The highest BCUT2D eigenvalue weighted by molar-refractivity contribution is 5.90. The fourth-order valence-corrected chi connectivity index (χ4v) is 1.51. The van der Waals surface area contributed by atoms with Crippen molar-refractivity contribution in [3.05, 3.63) is 23.5 Å². The maximum atomic E-state index is 11.1. The Kier molecular flexibility index (Phi) is 2.83. The van der Waals surface area contributed by atoms with E-state index in [4.69, 9.17) is 14.9 Å². The predicted molar refractivity (Wildman–Crippen MR) is 51.2 cm³/mol. The predicted octanol–water partition coefficient (Wildman–Crippen LogP) is 1.02. The third kappa shape index (κ3) is 1.86. The van der Waals surface area contributed by atoms with Crippen molar-refractivity contribution in [2.45, 2.75) is 13.3 Å². The average molecular weight is 212 g/mol. The molecule has 0 spiro atoms. The van der Waals surface area contributed by atoms with Gasteiger partial charge in [-0.15, -0.1) is 0 Å². The van der Waals surface area contributed by atoms with E-state index < -0.39 is 17.4 Å². The third-order valence-corrected chi connectivity index (χ3v) is 2.49. The molecule has 0 amide bonds. The van der Waals surface area contributed by atoms with E-state index in [1.165, 1.54) is 26.2 Å². The molecule has 1 atom stereocenters. The summed E-state index contributed by atoms with van der Waals surface area (Å²) in [6, 6.07) is 0. The van der Waals surface area contributed by atoms with Gasteiger partial charge in [0.05, 0.1) is 7.11 Å². The molecule has 1 aliphatic carbocycles. The number of allylic oxidation sites excluding steroid dienone is 2. The summed E-state index contributed by atoms with van der Waals surface area (Å²) in [5.41, 5.74) is -1.22. The lowest BCUT2D eigenvalue weighted by Gasteiger charge is -2.29. The summed E-state index contributed by atoms with van der Waals surface area (Å²) >= 11 is 0. The first-order valence-electron chi connectivity index (χ1n) is 4.34. The van der Waals surface area contributed by atoms with Crippen molar-refractivity contribution in [2.24, 2.45) is 5.41 Å². The molecule has 1 unspecified atom stereocenters. The minimum Gasteiger partial charge on any atom is -0.500 e. The Hall–Kier alpha value is -1.78. The molecule has 0 bridgehead atoms. The largest absolute Gasteiger partial charge is 0.500 e. The van der Waals surface area contributed by atoms with E-state index in [0.717, 1.165) is 0 Å². The highest BCUT2D eigenvalue weighted by Gasteiger charge is 2.42. The van der Waals surface area contributed by atoms with Gasteiger partial charge in [-0.2, -0.15) is 0 Å². The van der Waals surface area contributed by atoms with Gasteiger partial charge in [0.15, 0.2) is 0 Å². The summed E-state index contributed by atoms with van der Waals surface area (Å²) in [5.74, 6) is -1.93. The number of carboxylic acid groups (broad SMARTS) is 2. The molecular formula is C10H12O5. The summed E-state index contributed by atoms with van der Waals surface area (Å²) in [7, 11) is 1.37. The van der Waals surface area contributed by atoms with Crippen molar-refractivity contribution in [1.82, 2.24) is 0 Å². The Labute approximate surface area is 86.7 Å². The quantitative estimate of drug-likeness (QED) is 0.729. The molecule has 5 heteroatoms. The fourth-order valence-electron chi connectivity index (χ4n) is 1.51. The van der Waals surface area contributed by atoms with Crippen LogP contribution in [0.2, 0.25) is 0 Å². The van der Waals surface area contributed by atoms with Gasteiger partial charge in [0.1, 0.15) is 11.2 Å². The van der Waals surface area contributed by atoms with Crippen molar-refractivity contribution in [3.63, 3.8) is 0 Å². The van der Waals surface area contributed by atoms with Gasteiger partial charge < -0.3 is 14.9 Å². The molecule has 0 fully saturated rings. The lowest BCUT2D eigenvalue weighted by atomic mass is 9.78. The summed E-state index contributed by atoms with van der Waals surface area (Å²) < 4.78 is 4.94. The summed E-state index contributed by atoms with van der Waals surface area (Å²) in [5, 5.41) is 17.8. The second-order valence-corrected chi connectivity index (χ2v) is 3.55. The molecule has 0 aliphatic heterocycles. The van der Waals surface area contributed by atoms with Gasteiger partial charge in [0, 0.05) is 12.0 Å². The van der Waals surface area contributed by atoms with E-state index in [2.05, 4.69) is 0 Å². The second-order valence-electron chi connectivity index (χ2n) is 3.55. The lowest BCUT2D eigenvalue weighted by Crippen LogP contribution is -2.33. The van der Waals surface area contributed by atoms with Crippen LogP contribution >= 0.6 is 0 Å². The molecule has 0 aromatic rings. The molecule has 0 saturated carbocycles. The SMILES string of the molecule is COC1=CC=C(C(=O)O)CC1(C)C(=O)O. The van der Waals surface area contributed by atoms with Crippen LogP contribution in [0, 0.1) is 5.41 Å².